The highest BCUT2D eigenvalue weighted by molar-refractivity contribution is 7.89. The fourth-order valence-corrected chi connectivity index (χ4v) is 3.65. The third-order valence-electron chi connectivity index (χ3n) is 3.23. The van der Waals surface area contributed by atoms with Crippen molar-refractivity contribution in [2.75, 3.05) is 18.9 Å². The Bertz CT molecular complexity index is 569. The van der Waals surface area contributed by atoms with E-state index >= 15 is 0 Å². The summed E-state index contributed by atoms with van der Waals surface area (Å²) in [7, 11) is -3.52. The largest absolute Gasteiger partial charge is 0.398 e. The van der Waals surface area contributed by atoms with Gasteiger partial charge < -0.3 is 10.5 Å². The molecule has 1 rings (SSSR count). The van der Waals surface area contributed by atoms with Crippen LogP contribution >= 0.6 is 0 Å². The van der Waals surface area contributed by atoms with E-state index in [2.05, 4.69) is 4.72 Å². The Morgan fingerprint density at radius 2 is 1.90 bits per heavy atom. The molecule has 0 heterocycles. The van der Waals surface area contributed by atoms with Crippen LogP contribution < -0.4 is 10.5 Å². The normalized spacial score (nSPS) is 12.0. The highest BCUT2D eigenvalue weighted by Crippen LogP contribution is 2.24. The van der Waals surface area contributed by atoms with Gasteiger partial charge in [-0.15, -0.1) is 0 Å². The lowest BCUT2D eigenvalue weighted by molar-refractivity contribution is 0.0762. The van der Waals surface area contributed by atoms with Crippen molar-refractivity contribution in [2.45, 2.75) is 51.5 Å². The molecule has 0 atom stereocenters. The number of anilines is 1. The second-order valence-electron chi connectivity index (χ2n) is 5.45. The zero-order valence-corrected chi connectivity index (χ0v) is 14.1. The maximum absolute atomic E-state index is 12.4. The Hall–Kier alpha value is -1.11. The van der Waals surface area contributed by atoms with E-state index in [4.69, 9.17) is 10.5 Å². The van der Waals surface area contributed by atoms with E-state index in [-0.39, 0.29) is 6.10 Å². The first-order chi connectivity index (χ1) is 9.75. The molecule has 0 spiro atoms. The number of ether oxygens (including phenoxy) is 1. The van der Waals surface area contributed by atoms with Crippen LogP contribution in [-0.4, -0.2) is 27.7 Å². The average Bonchev–Trinajstić information content (AvgIpc) is 2.38. The van der Waals surface area contributed by atoms with Crippen molar-refractivity contribution < 1.29 is 13.2 Å². The quantitative estimate of drug-likeness (QED) is 0.570. The van der Waals surface area contributed by atoms with Crippen LogP contribution in [0.25, 0.3) is 0 Å². The van der Waals surface area contributed by atoms with E-state index in [1.54, 1.807) is 26.0 Å². The molecule has 1 aromatic carbocycles. The number of hydrogen-bond acceptors (Lipinski definition) is 4. The molecular weight excluding hydrogens is 288 g/mol. The summed E-state index contributed by atoms with van der Waals surface area (Å²) in [6.07, 6.45) is 1.78. The molecule has 0 saturated carbocycles. The smallest absolute Gasteiger partial charge is 0.241 e. The predicted molar refractivity (Wildman–Crippen MR) is 85.8 cm³/mol. The molecule has 5 nitrogen and oxygen atoms in total. The van der Waals surface area contributed by atoms with E-state index in [1.165, 1.54) is 0 Å². The topological polar surface area (TPSA) is 81.4 Å². The maximum atomic E-state index is 12.4. The lowest BCUT2D eigenvalue weighted by Crippen LogP contribution is -2.26. The van der Waals surface area contributed by atoms with Gasteiger partial charge in [0, 0.05) is 18.8 Å². The van der Waals surface area contributed by atoms with Gasteiger partial charge in [-0.2, -0.15) is 0 Å². The zero-order chi connectivity index (χ0) is 16.0. The fraction of sp³-hybridized carbons (Fsp3) is 0.600. The molecule has 0 aliphatic carbocycles. The third-order valence-corrected chi connectivity index (χ3v) is 4.98. The minimum atomic E-state index is -3.52. The summed E-state index contributed by atoms with van der Waals surface area (Å²) in [6, 6.07) is 3.46. The van der Waals surface area contributed by atoms with Gasteiger partial charge in [-0.05, 0) is 57.7 Å². The van der Waals surface area contributed by atoms with Gasteiger partial charge in [0.25, 0.3) is 0 Å². The molecule has 0 bridgehead atoms. The molecule has 6 heteroatoms. The van der Waals surface area contributed by atoms with Crippen LogP contribution in [0, 0.1) is 13.8 Å². The molecule has 21 heavy (non-hydrogen) atoms. The average molecular weight is 314 g/mol. The number of hydrogen-bond donors (Lipinski definition) is 2. The number of benzene rings is 1. The van der Waals surface area contributed by atoms with Crippen molar-refractivity contribution in [3.8, 4) is 0 Å². The minimum Gasteiger partial charge on any atom is -0.398 e. The van der Waals surface area contributed by atoms with E-state index in [9.17, 15) is 8.42 Å². The molecule has 1 aromatic rings. The van der Waals surface area contributed by atoms with Crippen LogP contribution in [0.5, 0.6) is 0 Å². The summed E-state index contributed by atoms with van der Waals surface area (Å²) >= 11 is 0. The molecule has 3 N–H and O–H groups in total. The number of sulfonamides is 1. The Kier molecular flexibility index (Phi) is 6.64. The van der Waals surface area contributed by atoms with E-state index < -0.39 is 10.0 Å². The number of nitrogens with one attached hydrogen (secondary N) is 1. The number of aryl methyl sites for hydroxylation is 1. The van der Waals surface area contributed by atoms with Crippen LogP contribution in [0.4, 0.5) is 5.69 Å². The first-order valence-electron chi connectivity index (χ1n) is 7.22. The minimum absolute atomic E-state index is 0.208. The summed E-state index contributed by atoms with van der Waals surface area (Å²) in [6.45, 7) is 8.51. The Balaban J connectivity index is 2.61. The molecule has 120 valence electrons. The first kappa shape index (κ1) is 17.9. The summed E-state index contributed by atoms with van der Waals surface area (Å²) < 4.78 is 32.8. The third kappa shape index (κ3) is 5.30. The standard InChI is InChI=1S/C15H26N2O3S/c1-11(2)20-10-6-5-9-17-21(18,19)15-12(3)7-8-14(16)13(15)4/h7-8,11,17H,5-6,9-10,16H2,1-4H3. The number of nitrogens with two attached hydrogens (primary N) is 1. The van der Waals surface area contributed by atoms with E-state index in [0.29, 0.717) is 34.9 Å². The van der Waals surface area contributed by atoms with Gasteiger partial charge in [-0.1, -0.05) is 6.07 Å². The molecule has 0 fully saturated rings. The second-order valence-corrected chi connectivity index (χ2v) is 7.15. The molecule has 0 aromatic heterocycles. The summed E-state index contributed by atoms with van der Waals surface area (Å²) in [5, 5.41) is 0. The summed E-state index contributed by atoms with van der Waals surface area (Å²) in [4.78, 5) is 0.293. The van der Waals surface area contributed by atoms with Gasteiger partial charge in [0.15, 0.2) is 0 Å². The Morgan fingerprint density at radius 1 is 1.24 bits per heavy atom. The van der Waals surface area contributed by atoms with Crippen molar-refractivity contribution in [2.24, 2.45) is 0 Å². The van der Waals surface area contributed by atoms with E-state index in [1.807, 2.05) is 13.8 Å². The molecule has 0 saturated heterocycles. The maximum Gasteiger partial charge on any atom is 0.241 e. The van der Waals surface area contributed by atoms with Crippen LogP contribution in [0.15, 0.2) is 17.0 Å². The van der Waals surface area contributed by atoms with Crippen LogP contribution in [0.2, 0.25) is 0 Å². The number of rotatable bonds is 8. The first-order valence-corrected chi connectivity index (χ1v) is 8.71. The van der Waals surface area contributed by atoms with Crippen LogP contribution in [0.1, 0.15) is 37.8 Å². The molecule has 0 aliphatic heterocycles. The monoisotopic (exact) mass is 314 g/mol. The summed E-state index contributed by atoms with van der Waals surface area (Å²) in [5.74, 6) is 0. The van der Waals surface area contributed by atoms with Gasteiger partial charge in [0.2, 0.25) is 10.0 Å². The van der Waals surface area contributed by atoms with Crippen molar-refractivity contribution in [3.05, 3.63) is 23.3 Å². The molecule has 0 aliphatic rings. The SMILES string of the molecule is Cc1ccc(N)c(C)c1S(=O)(=O)NCCCCOC(C)C. The van der Waals surface area contributed by atoms with Crippen LogP contribution in [0.3, 0.4) is 0 Å². The van der Waals surface area contributed by atoms with Gasteiger partial charge in [0.05, 0.1) is 11.0 Å². The lowest BCUT2D eigenvalue weighted by atomic mass is 10.1. The molecule has 0 amide bonds. The van der Waals surface area contributed by atoms with Crippen molar-refractivity contribution in [1.29, 1.82) is 0 Å². The fourth-order valence-electron chi connectivity index (χ4n) is 2.08. The molecular formula is C15H26N2O3S. The van der Waals surface area contributed by atoms with Crippen molar-refractivity contribution >= 4 is 15.7 Å². The Labute approximate surface area is 127 Å². The predicted octanol–water partition coefficient (Wildman–Crippen LogP) is 2.37. The second kappa shape index (κ2) is 7.77. The number of unbranched alkanes of at least 4 members (excludes halogenated alkanes) is 1. The Morgan fingerprint density at radius 3 is 2.52 bits per heavy atom. The molecule has 0 unspecified atom stereocenters. The van der Waals surface area contributed by atoms with E-state index in [0.717, 1.165) is 12.8 Å². The van der Waals surface area contributed by atoms with Gasteiger partial charge in [-0.25, -0.2) is 13.1 Å². The zero-order valence-electron chi connectivity index (χ0n) is 13.3. The van der Waals surface area contributed by atoms with Crippen LogP contribution in [-0.2, 0) is 14.8 Å². The molecule has 0 radical (unpaired) electrons. The number of nitrogen functional groups attached to an aromatic ring is 1. The summed E-state index contributed by atoms with van der Waals surface area (Å²) in [5.41, 5.74) is 7.60. The highest BCUT2D eigenvalue weighted by atomic mass is 32.2. The lowest BCUT2D eigenvalue weighted by Gasteiger charge is -2.14. The van der Waals surface area contributed by atoms with Gasteiger partial charge in [-0.3, -0.25) is 0 Å². The van der Waals surface area contributed by atoms with Gasteiger partial charge >= 0.3 is 0 Å². The highest BCUT2D eigenvalue weighted by Gasteiger charge is 2.20. The van der Waals surface area contributed by atoms with Gasteiger partial charge in [0.1, 0.15) is 0 Å². The van der Waals surface area contributed by atoms with Crippen molar-refractivity contribution in [1.82, 2.24) is 4.72 Å². The van der Waals surface area contributed by atoms with Crippen molar-refractivity contribution in [3.63, 3.8) is 0 Å².